The number of aliphatic hydroxyl groups excluding tert-OH is 1. The Morgan fingerprint density at radius 1 is 1.27 bits per heavy atom. The van der Waals surface area contributed by atoms with Crippen molar-refractivity contribution in [1.29, 1.82) is 0 Å². The number of rotatable bonds is 1. The lowest BCUT2D eigenvalue weighted by Crippen LogP contribution is -2.18. The van der Waals surface area contributed by atoms with Crippen LogP contribution in [-0.4, -0.2) is 11.2 Å². The van der Waals surface area contributed by atoms with Gasteiger partial charge in [0.1, 0.15) is 11.6 Å². The number of halogens is 2. The van der Waals surface area contributed by atoms with Crippen LogP contribution in [-0.2, 0) is 6.42 Å². The van der Waals surface area contributed by atoms with E-state index < -0.39 is 17.7 Å². The summed E-state index contributed by atoms with van der Waals surface area (Å²) in [4.78, 5) is 0. The molecule has 2 atom stereocenters. The lowest BCUT2D eigenvalue weighted by Gasteiger charge is -2.20. The molecule has 0 saturated carbocycles. The van der Waals surface area contributed by atoms with Crippen molar-refractivity contribution in [3.8, 4) is 0 Å². The Morgan fingerprint density at radius 2 is 1.87 bits per heavy atom. The molecule has 0 unspecified atom stereocenters. The van der Waals surface area contributed by atoms with Gasteiger partial charge >= 0.3 is 0 Å². The molecule has 0 bridgehead atoms. The van der Waals surface area contributed by atoms with Crippen LogP contribution in [0.5, 0.6) is 0 Å². The summed E-state index contributed by atoms with van der Waals surface area (Å²) < 4.78 is 27.0. The van der Waals surface area contributed by atoms with E-state index in [-0.39, 0.29) is 18.3 Å². The van der Waals surface area contributed by atoms with Crippen LogP contribution in [0.1, 0.15) is 30.9 Å². The fourth-order valence-corrected chi connectivity index (χ4v) is 2.48. The lowest BCUT2D eigenvalue weighted by atomic mass is 9.88. The maximum absolute atomic E-state index is 13.6. The predicted molar refractivity (Wildman–Crippen MR) is 53.6 cm³/mol. The van der Waals surface area contributed by atoms with Gasteiger partial charge in [0, 0.05) is 12.3 Å². The fraction of sp³-hybridized carbons (Fsp3) is 0.500. The first-order valence-corrected chi connectivity index (χ1v) is 5.17. The van der Waals surface area contributed by atoms with Crippen molar-refractivity contribution in [2.45, 2.75) is 32.3 Å². The Morgan fingerprint density at radius 3 is 2.47 bits per heavy atom. The molecule has 1 aliphatic rings. The zero-order valence-electron chi connectivity index (χ0n) is 8.80. The van der Waals surface area contributed by atoms with E-state index in [0.717, 1.165) is 12.1 Å². The van der Waals surface area contributed by atoms with Crippen molar-refractivity contribution in [1.82, 2.24) is 0 Å². The highest BCUT2D eigenvalue weighted by atomic mass is 19.1. The maximum atomic E-state index is 13.6. The zero-order valence-corrected chi connectivity index (χ0v) is 8.80. The Hall–Kier alpha value is -0.960. The third-order valence-corrected chi connectivity index (χ3v) is 3.13. The average molecular weight is 212 g/mol. The highest BCUT2D eigenvalue weighted by molar-refractivity contribution is 5.39. The molecule has 0 spiro atoms. The van der Waals surface area contributed by atoms with Crippen molar-refractivity contribution in [2.75, 3.05) is 0 Å². The second kappa shape index (κ2) is 3.56. The standard InChI is InChI=1S/C12H14F2O/c1-6(2)11-10(15)5-7-8(13)3-4-9(14)12(7)11/h3-4,6,10-11,15H,5H2,1-2H3/t10-,11-/m1/s1. The Balaban J connectivity index is 2.57. The minimum absolute atomic E-state index is 0.109. The first-order chi connectivity index (χ1) is 7.02. The number of hydrogen-bond donors (Lipinski definition) is 1. The Kier molecular flexibility index (Phi) is 2.51. The molecule has 0 radical (unpaired) electrons. The van der Waals surface area contributed by atoms with Crippen molar-refractivity contribution >= 4 is 0 Å². The van der Waals surface area contributed by atoms with Gasteiger partial charge in [-0.25, -0.2) is 8.78 Å². The van der Waals surface area contributed by atoms with Crippen LogP contribution in [0, 0.1) is 17.6 Å². The highest BCUT2D eigenvalue weighted by Crippen LogP contribution is 2.40. The molecule has 1 aromatic carbocycles. The first kappa shape index (κ1) is 10.6. The molecule has 1 aliphatic carbocycles. The van der Waals surface area contributed by atoms with E-state index in [4.69, 9.17) is 0 Å². The van der Waals surface area contributed by atoms with Gasteiger partial charge in [-0.1, -0.05) is 13.8 Å². The summed E-state index contributed by atoms with van der Waals surface area (Å²) in [5, 5.41) is 9.80. The summed E-state index contributed by atoms with van der Waals surface area (Å²) in [5.41, 5.74) is 0.721. The molecule has 0 fully saturated rings. The fourth-order valence-electron chi connectivity index (χ4n) is 2.48. The van der Waals surface area contributed by atoms with Crippen molar-refractivity contribution in [3.63, 3.8) is 0 Å². The summed E-state index contributed by atoms with van der Waals surface area (Å²) in [6, 6.07) is 2.27. The smallest absolute Gasteiger partial charge is 0.127 e. The van der Waals surface area contributed by atoms with E-state index in [9.17, 15) is 13.9 Å². The predicted octanol–water partition coefficient (Wildman–Crippen LogP) is 2.62. The van der Waals surface area contributed by atoms with E-state index in [0.29, 0.717) is 11.1 Å². The molecule has 0 saturated heterocycles. The molecule has 3 heteroatoms. The third-order valence-electron chi connectivity index (χ3n) is 3.13. The molecule has 0 heterocycles. The summed E-state index contributed by atoms with van der Waals surface area (Å²) in [6.07, 6.45) is -0.437. The van der Waals surface area contributed by atoms with Crippen LogP contribution in [0.25, 0.3) is 0 Å². The SMILES string of the molecule is CC(C)[C@H]1c2c(F)ccc(F)c2C[C@H]1O. The Labute approximate surface area is 87.7 Å². The molecule has 1 N–H and O–H groups in total. The van der Waals surface area contributed by atoms with Crippen LogP contribution in [0.15, 0.2) is 12.1 Å². The highest BCUT2D eigenvalue weighted by Gasteiger charge is 2.37. The van der Waals surface area contributed by atoms with Gasteiger partial charge in [0.25, 0.3) is 0 Å². The van der Waals surface area contributed by atoms with Crippen LogP contribution in [0.2, 0.25) is 0 Å². The first-order valence-electron chi connectivity index (χ1n) is 5.17. The molecular formula is C12H14F2O. The average Bonchev–Trinajstić information content (AvgIpc) is 2.50. The van der Waals surface area contributed by atoms with Crippen LogP contribution < -0.4 is 0 Å². The van der Waals surface area contributed by atoms with E-state index in [2.05, 4.69) is 0 Å². The van der Waals surface area contributed by atoms with E-state index in [1.54, 1.807) is 0 Å². The quantitative estimate of drug-likeness (QED) is 0.758. The van der Waals surface area contributed by atoms with Gasteiger partial charge in [-0.3, -0.25) is 0 Å². The summed E-state index contributed by atoms with van der Waals surface area (Å²) in [5.74, 6) is -0.983. The summed E-state index contributed by atoms with van der Waals surface area (Å²) >= 11 is 0. The topological polar surface area (TPSA) is 20.2 Å². The van der Waals surface area contributed by atoms with Gasteiger partial charge in [0.05, 0.1) is 6.10 Å². The van der Waals surface area contributed by atoms with Crippen LogP contribution in [0.4, 0.5) is 8.78 Å². The van der Waals surface area contributed by atoms with E-state index in [1.807, 2.05) is 13.8 Å². The summed E-state index contributed by atoms with van der Waals surface area (Å²) in [6.45, 7) is 3.82. The molecular weight excluding hydrogens is 198 g/mol. The number of hydrogen-bond acceptors (Lipinski definition) is 1. The van der Waals surface area contributed by atoms with Gasteiger partial charge in [-0.05, 0) is 29.2 Å². The summed E-state index contributed by atoms with van der Waals surface area (Å²) in [7, 11) is 0. The van der Waals surface area contributed by atoms with E-state index in [1.165, 1.54) is 0 Å². The van der Waals surface area contributed by atoms with Gasteiger partial charge in [-0.15, -0.1) is 0 Å². The maximum Gasteiger partial charge on any atom is 0.127 e. The van der Waals surface area contributed by atoms with E-state index >= 15 is 0 Å². The molecule has 1 nitrogen and oxygen atoms in total. The Bertz CT molecular complexity index is 387. The van der Waals surface area contributed by atoms with Crippen LogP contribution >= 0.6 is 0 Å². The monoisotopic (exact) mass is 212 g/mol. The van der Waals surface area contributed by atoms with Crippen LogP contribution in [0.3, 0.4) is 0 Å². The third kappa shape index (κ3) is 1.55. The van der Waals surface area contributed by atoms with Crippen molar-refractivity contribution in [3.05, 3.63) is 34.9 Å². The normalized spacial score (nSPS) is 24.7. The molecule has 15 heavy (non-hydrogen) atoms. The minimum Gasteiger partial charge on any atom is -0.392 e. The van der Waals surface area contributed by atoms with Gasteiger partial charge in [0.15, 0.2) is 0 Å². The second-order valence-electron chi connectivity index (χ2n) is 4.46. The molecule has 1 aromatic rings. The molecule has 2 rings (SSSR count). The van der Waals surface area contributed by atoms with Gasteiger partial charge in [-0.2, -0.15) is 0 Å². The lowest BCUT2D eigenvalue weighted by molar-refractivity contribution is 0.135. The molecule has 0 aliphatic heterocycles. The molecule has 82 valence electrons. The number of benzene rings is 1. The largest absolute Gasteiger partial charge is 0.392 e. The second-order valence-corrected chi connectivity index (χ2v) is 4.46. The van der Waals surface area contributed by atoms with Crippen molar-refractivity contribution < 1.29 is 13.9 Å². The minimum atomic E-state index is -0.661. The number of fused-ring (bicyclic) bond motifs is 1. The zero-order chi connectivity index (χ0) is 11.2. The van der Waals surface area contributed by atoms with Gasteiger partial charge < -0.3 is 5.11 Å². The molecule has 0 amide bonds. The molecule has 0 aromatic heterocycles. The van der Waals surface area contributed by atoms with Crippen molar-refractivity contribution in [2.24, 2.45) is 5.92 Å². The number of aliphatic hydroxyl groups is 1. The van der Waals surface area contributed by atoms with Gasteiger partial charge in [0.2, 0.25) is 0 Å².